The Morgan fingerprint density at radius 3 is 2.33 bits per heavy atom. The first kappa shape index (κ1) is 18.2. The Labute approximate surface area is 152 Å². The number of ether oxygens (including phenoxy) is 1. The van der Waals surface area contributed by atoms with Crippen LogP contribution in [0.4, 0.5) is 26.1 Å². The van der Waals surface area contributed by atoms with E-state index in [1.807, 2.05) is 0 Å². The minimum Gasteiger partial charge on any atom is -0.435 e. The number of hydrogen-bond acceptors (Lipinski definition) is 6. The van der Waals surface area contributed by atoms with Crippen LogP contribution in [0.2, 0.25) is 0 Å². The molecule has 0 atom stereocenters. The van der Waals surface area contributed by atoms with Gasteiger partial charge in [0.05, 0.1) is 4.92 Å². The smallest absolute Gasteiger partial charge is 0.387 e. The van der Waals surface area contributed by atoms with Crippen molar-refractivity contribution >= 4 is 17.3 Å². The molecule has 0 spiro atoms. The van der Waals surface area contributed by atoms with Gasteiger partial charge < -0.3 is 10.1 Å². The highest BCUT2D eigenvalue weighted by molar-refractivity contribution is 5.64. The lowest BCUT2D eigenvalue weighted by molar-refractivity contribution is -0.385. The topological polar surface area (TPSA) is 90.2 Å². The van der Waals surface area contributed by atoms with Gasteiger partial charge >= 0.3 is 6.61 Å². The number of anilines is 2. The van der Waals surface area contributed by atoms with E-state index in [-0.39, 0.29) is 17.4 Å². The molecule has 1 N–H and O–H groups in total. The molecule has 1 aromatic heterocycles. The van der Waals surface area contributed by atoms with Gasteiger partial charge in [0.25, 0.3) is 5.69 Å². The van der Waals surface area contributed by atoms with Crippen molar-refractivity contribution in [3.63, 3.8) is 0 Å². The van der Waals surface area contributed by atoms with Gasteiger partial charge in [0.1, 0.15) is 5.75 Å². The van der Waals surface area contributed by atoms with Crippen LogP contribution in [0.3, 0.4) is 0 Å². The van der Waals surface area contributed by atoms with E-state index in [1.165, 1.54) is 18.2 Å². The monoisotopic (exact) mass is 372 g/mol. The maximum Gasteiger partial charge on any atom is 0.387 e. The highest BCUT2D eigenvalue weighted by atomic mass is 19.3. The zero-order valence-electron chi connectivity index (χ0n) is 14.1. The summed E-state index contributed by atoms with van der Waals surface area (Å²) in [5, 5.41) is 13.9. The zero-order valence-corrected chi connectivity index (χ0v) is 14.1. The summed E-state index contributed by atoms with van der Waals surface area (Å²) in [6, 6.07) is 10.8. The lowest BCUT2D eigenvalue weighted by Gasteiger charge is -2.08. The van der Waals surface area contributed by atoms with E-state index in [0.717, 1.165) is 5.56 Å². The van der Waals surface area contributed by atoms with Gasteiger partial charge in [0, 0.05) is 35.3 Å². The molecule has 0 radical (unpaired) electrons. The minimum atomic E-state index is -2.87. The van der Waals surface area contributed by atoms with Crippen molar-refractivity contribution in [1.29, 1.82) is 0 Å². The lowest BCUT2D eigenvalue weighted by atomic mass is 10.1. The molecule has 138 valence electrons. The van der Waals surface area contributed by atoms with Gasteiger partial charge in [-0.05, 0) is 30.7 Å². The molecule has 0 fully saturated rings. The molecule has 0 aliphatic rings. The summed E-state index contributed by atoms with van der Waals surface area (Å²) in [7, 11) is 0. The fourth-order valence-electron chi connectivity index (χ4n) is 2.38. The number of nitrogens with zero attached hydrogens (tertiary/aromatic N) is 3. The average molecular weight is 372 g/mol. The number of nitro benzene ring substituents is 1. The third kappa shape index (κ3) is 4.51. The summed E-state index contributed by atoms with van der Waals surface area (Å²) in [4.78, 5) is 18.9. The predicted molar refractivity (Wildman–Crippen MR) is 95.2 cm³/mol. The van der Waals surface area contributed by atoms with Gasteiger partial charge in [0.2, 0.25) is 5.95 Å². The number of nitrogens with one attached hydrogen (secondary N) is 1. The second-order valence-electron chi connectivity index (χ2n) is 5.58. The van der Waals surface area contributed by atoms with Gasteiger partial charge in [-0.15, -0.1) is 0 Å². The molecule has 7 nitrogen and oxygen atoms in total. The van der Waals surface area contributed by atoms with Crippen molar-refractivity contribution < 1.29 is 18.4 Å². The largest absolute Gasteiger partial charge is 0.435 e. The highest BCUT2D eigenvalue weighted by Gasteiger charge is 2.11. The first-order valence-corrected chi connectivity index (χ1v) is 7.82. The van der Waals surface area contributed by atoms with Crippen LogP contribution in [0.15, 0.2) is 54.9 Å². The Hall–Kier alpha value is -3.62. The molecule has 9 heteroatoms. The standard InChI is InChI=1S/C18H14F2N4O3/c1-11-2-5-14(8-16(11)24(25)26)23-18-21-9-13(10-22-18)12-3-6-15(7-4-12)27-17(19)20/h2-10,17H,1H3,(H,21,22,23). The van der Waals surface area contributed by atoms with Crippen LogP contribution in [0.5, 0.6) is 5.75 Å². The predicted octanol–water partition coefficient (Wildman–Crippen LogP) is 4.71. The number of nitro groups is 1. The SMILES string of the molecule is Cc1ccc(Nc2ncc(-c3ccc(OC(F)F)cc3)cn2)cc1[N+](=O)[O-]. The van der Waals surface area contributed by atoms with Gasteiger partial charge in [0.15, 0.2) is 0 Å². The second-order valence-corrected chi connectivity index (χ2v) is 5.58. The van der Waals surface area contributed by atoms with Crippen molar-refractivity contribution in [1.82, 2.24) is 9.97 Å². The summed E-state index contributed by atoms with van der Waals surface area (Å²) in [5.41, 5.74) is 2.46. The lowest BCUT2D eigenvalue weighted by Crippen LogP contribution is -2.01. The van der Waals surface area contributed by atoms with Crippen molar-refractivity contribution in [3.05, 3.63) is 70.5 Å². The zero-order chi connectivity index (χ0) is 19.4. The Bertz CT molecular complexity index is 948. The van der Waals surface area contributed by atoms with Crippen LogP contribution in [0, 0.1) is 17.0 Å². The molecule has 27 heavy (non-hydrogen) atoms. The number of alkyl halides is 2. The number of rotatable bonds is 6. The Balaban J connectivity index is 1.74. The van der Waals surface area contributed by atoms with Crippen LogP contribution in [0.1, 0.15) is 5.56 Å². The number of hydrogen-bond donors (Lipinski definition) is 1. The van der Waals surface area contributed by atoms with E-state index in [1.54, 1.807) is 43.6 Å². The van der Waals surface area contributed by atoms with Crippen molar-refractivity contribution in [3.8, 4) is 16.9 Å². The summed E-state index contributed by atoms with van der Waals surface area (Å²) < 4.78 is 28.6. The Morgan fingerprint density at radius 2 is 1.74 bits per heavy atom. The molecule has 0 aliphatic carbocycles. The second kappa shape index (κ2) is 7.73. The van der Waals surface area contributed by atoms with Crippen LogP contribution in [0.25, 0.3) is 11.1 Å². The van der Waals surface area contributed by atoms with Crippen LogP contribution >= 0.6 is 0 Å². The number of halogens is 2. The van der Waals surface area contributed by atoms with Crippen LogP contribution < -0.4 is 10.1 Å². The molecule has 0 aliphatic heterocycles. The molecule has 3 rings (SSSR count). The van der Waals surface area contributed by atoms with Gasteiger partial charge in [-0.25, -0.2) is 9.97 Å². The van der Waals surface area contributed by atoms with E-state index < -0.39 is 11.5 Å². The first-order valence-electron chi connectivity index (χ1n) is 7.82. The third-order valence-electron chi connectivity index (χ3n) is 3.73. The fourth-order valence-corrected chi connectivity index (χ4v) is 2.38. The normalized spacial score (nSPS) is 10.7. The summed E-state index contributed by atoms with van der Waals surface area (Å²) in [6.45, 7) is -1.22. The molecule has 0 saturated heterocycles. The summed E-state index contributed by atoms with van der Waals surface area (Å²) in [6.07, 6.45) is 3.11. The number of aromatic nitrogens is 2. The first-order chi connectivity index (χ1) is 12.9. The molecule has 0 bridgehead atoms. The quantitative estimate of drug-likeness (QED) is 0.498. The summed E-state index contributed by atoms with van der Waals surface area (Å²) >= 11 is 0. The average Bonchev–Trinajstić information content (AvgIpc) is 2.64. The van der Waals surface area contributed by atoms with Gasteiger partial charge in [-0.2, -0.15) is 8.78 Å². The maximum absolute atomic E-state index is 12.2. The van der Waals surface area contributed by atoms with E-state index in [4.69, 9.17) is 0 Å². The minimum absolute atomic E-state index is 0.00252. The molecule has 3 aromatic rings. The van der Waals surface area contributed by atoms with Crippen LogP contribution in [-0.2, 0) is 0 Å². The molecular weight excluding hydrogens is 358 g/mol. The van der Waals surface area contributed by atoms with E-state index in [9.17, 15) is 18.9 Å². The van der Waals surface area contributed by atoms with Crippen LogP contribution in [-0.4, -0.2) is 21.5 Å². The Kier molecular flexibility index (Phi) is 5.20. The third-order valence-corrected chi connectivity index (χ3v) is 3.73. The van der Waals surface area contributed by atoms with Gasteiger partial charge in [-0.1, -0.05) is 18.2 Å². The molecule has 0 amide bonds. The molecule has 2 aromatic carbocycles. The van der Waals surface area contributed by atoms with Crippen molar-refractivity contribution in [2.45, 2.75) is 13.5 Å². The molecule has 1 heterocycles. The highest BCUT2D eigenvalue weighted by Crippen LogP contribution is 2.25. The molecule has 0 saturated carbocycles. The van der Waals surface area contributed by atoms with Crippen molar-refractivity contribution in [2.75, 3.05) is 5.32 Å². The maximum atomic E-state index is 12.2. The van der Waals surface area contributed by atoms with E-state index in [2.05, 4.69) is 20.0 Å². The van der Waals surface area contributed by atoms with E-state index in [0.29, 0.717) is 16.8 Å². The number of benzene rings is 2. The molecule has 0 unspecified atom stereocenters. The fraction of sp³-hybridized carbons (Fsp3) is 0.111. The van der Waals surface area contributed by atoms with Crippen molar-refractivity contribution in [2.24, 2.45) is 0 Å². The number of aryl methyl sites for hydroxylation is 1. The Morgan fingerprint density at radius 1 is 1.07 bits per heavy atom. The van der Waals surface area contributed by atoms with Gasteiger partial charge in [-0.3, -0.25) is 10.1 Å². The summed E-state index contributed by atoms with van der Waals surface area (Å²) in [5.74, 6) is 0.337. The molecular formula is C18H14F2N4O3. The van der Waals surface area contributed by atoms with E-state index >= 15 is 0 Å².